The average molecular weight is 407 g/mol. The Labute approximate surface area is 166 Å². The van der Waals surface area contributed by atoms with Crippen molar-refractivity contribution in [3.05, 3.63) is 68.7 Å². The van der Waals surface area contributed by atoms with Crippen LogP contribution in [0.3, 0.4) is 0 Å². The molecule has 0 aliphatic carbocycles. The lowest BCUT2D eigenvalue weighted by atomic mass is 10.0. The zero-order chi connectivity index (χ0) is 20.7. The molecule has 0 spiro atoms. The fourth-order valence-electron chi connectivity index (χ4n) is 2.62. The molecule has 0 aromatic heterocycles. The van der Waals surface area contributed by atoms with Crippen LogP contribution < -0.4 is 10.1 Å². The molecular formula is C19H19ClN2O6. The molecule has 1 N–H and O–H groups in total. The van der Waals surface area contributed by atoms with Crippen molar-refractivity contribution in [3.63, 3.8) is 0 Å². The van der Waals surface area contributed by atoms with Gasteiger partial charge in [-0.15, -0.1) is 0 Å². The highest BCUT2D eigenvalue weighted by Gasteiger charge is 2.23. The third-order valence-electron chi connectivity index (χ3n) is 3.96. The third kappa shape index (κ3) is 5.68. The Hall–Kier alpha value is -3.13. The normalized spacial score (nSPS) is 11.4. The Morgan fingerprint density at radius 2 is 1.93 bits per heavy atom. The standard InChI is InChI=1S/C19H19ClN2O6/c1-27-17-7-6-13(9-15(17)20)10-16(19(24)28-2)21-18(23)11-12-4-3-5-14(8-12)22(25)26/h3-9,16H,10-11H2,1-2H3,(H,21,23)/t16-/m0/s1. The molecule has 0 heterocycles. The highest BCUT2D eigenvalue weighted by molar-refractivity contribution is 6.32. The van der Waals surface area contributed by atoms with E-state index >= 15 is 0 Å². The minimum absolute atomic E-state index is 0.109. The van der Waals surface area contributed by atoms with Gasteiger partial charge in [-0.1, -0.05) is 29.8 Å². The fraction of sp³-hybridized carbons (Fsp3) is 0.263. The maximum Gasteiger partial charge on any atom is 0.328 e. The van der Waals surface area contributed by atoms with E-state index in [0.717, 1.165) is 0 Å². The molecule has 0 saturated carbocycles. The summed E-state index contributed by atoms with van der Waals surface area (Å²) in [4.78, 5) is 34.7. The van der Waals surface area contributed by atoms with Crippen LogP contribution in [0.2, 0.25) is 5.02 Å². The highest BCUT2D eigenvalue weighted by atomic mass is 35.5. The quantitative estimate of drug-likeness (QED) is 0.410. The van der Waals surface area contributed by atoms with Gasteiger partial charge < -0.3 is 14.8 Å². The van der Waals surface area contributed by atoms with Crippen LogP contribution in [0.4, 0.5) is 5.69 Å². The summed E-state index contributed by atoms with van der Waals surface area (Å²) in [5, 5.41) is 13.8. The number of hydrogen-bond donors (Lipinski definition) is 1. The van der Waals surface area contributed by atoms with E-state index < -0.39 is 22.8 Å². The van der Waals surface area contributed by atoms with Crippen molar-refractivity contribution in [1.29, 1.82) is 0 Å². The maximum absolute atomic E-state index is 12.3. The number of hydrogen-bond acceptors (Lipinski definition) is 6. The fourth-order valence-corrected chi connectivity index (χ4v) is 2.90. The lowest BCUT2D eigenvalue weighted by molar-refractivity contribution is -0.384. The Morgan fingerprint density at radius 3 is 2.54 bits per heavy atom. The first kappa shape index (κ1) is 21.2. The van der Waals surface area contributed by atoms with Gasteiger partial charge in [-0.25, -0.2) is 4.79 Å². The van der Waals surface area contributed by atoms with Crippen LogP contribution in [0.1, 0.15) is 11.1 Å². The lowest BCUT2D eigenvalue weighted by Gasteiger charge is -2.17. The summed E-state index contributed by atoms with van der Waals surface area (Å²) in [5.41, 5.74) is 1.06. The molecule has 148 valence electrons. The lowest BCUT2D eigenvalue weighted by Crippen LogP contribution is -2.43. The van der Waals surface area contributed by atoms with Crippen molar-refractivity contribution in [3.8, 4) is 5.75 Å². The molecule has 1 atom stereocenters. The molecule has 2 aromatic carbocycles. The van der Waals surface area contributed by atoms with Crippen LogP contribution in [0.5, 0.6) is 5.75 Å². The van der Waals surface area contributed by atoms with Gasteiger partial charge in [0, 0.05) is 18.6 Å². The van der Waals surface area contributed by atoms with Crippen molar-refractivity contribution < 1.29 is 24.0 Å². The Bertz CT molecular complexity index is 886. The van der Waals surface area contributed by atoms with E-state index in [1.165, 1.54) is 32.4 Å². The molecule has 2 aromatic rings. The zero-order valence-corrected chi connectivity index (χ0v) is 16.1. The Balaban J connectivity index is 2.10. The molecule has 0 unspecified atom stereocenters. The monoisotopic (exact) mass is 406 g/mol. The number of nitrogens with one attached hydrogen (secondary N) is 1. The number of nitro groups is 1. The number of rotatable bonds is 8. The van der Waals surface area contributed by atoms with Crippen LogP contribution in [0, 0.1) is 10.1 Å². The molecule has 1 amide bonds. The van der Waals surface area contributed by atoms with Crippen LogP contribution in [0.25, 0.3) is 0 Å². The van der Waals surface area contributed by atoms with Gasteiger partial charge >= 0.3 is 5.97 Å². The molecular weight excluding hydrogens is 388 g/mol. The number of esters is 1. The predicted octanol–water partition coefficient (Wildman–Crippen LogP) is 2.70. The number of halogens is 1. The van der Waals surface area contributed by atoms with E-state index in [1.54, 1.807) is 24.3 Å². The van der Waals surface area contributed by atoms with E-state index in [1.807, 2.05) is 0 Å². The van der Waals surface area contributed by atoms with Crippen molar-refractivity contribution in [2.45, 2.75) is 18.9 Å². The highest BCUT2D eigenvalue weighted by Crippen LogP contribution is 2.25. The number of methoxy groups -OCH3 is 2. The van der Waals surface area contributed by atoms with Crippen molar-refractivity contribution in [2.75, 3.05) is 14.2 Å². The first-order valence-corrected chi connectivity index (χ1v) is 8.64. The topological polar surface area (TPSA) is 108 Å². The first-order chi connectivity index (χ1) is 13.3. The summed E-state index contributed by atoms with van der Waals surface area (Å²) in [5.74, 6) is -0.579. The maximum atomic E-state index is 12.3. The van der Waals surface area contributed by atoms with E-state index in [0.29, 0.717) is 21.9 Å². The number of carbonyl (C=O) groups excluding carboxylic acids is 2. The van der Waals surface area contributed by atoms with Crippen molar-refractivity contribution in [2.24, 2.45) is 0 Å². The van der Waals surface area contributed by atoms with Gasteiger partial charge in [0.2, 0.25) is 5.91 Å². The largest absolute Gasteiger partial charge is 0.495 e. The third-order valence-corrected chi connectivity index (χ3v) is 4.26. The molecule has 0 radical (unpaired) electrons. The summed E-state index contributed by atoms with van der Waals surface area (Å²) in [6, 6.07) is 9.86. The summed E-state index contributed by atoms with van der Waals surface area (Å²) >= 11 is 6.10. The van der Waals surface area contributed by atoms with Gasteiger partial charge in [-0.3, -0.25) is 14.9 Å². The van der Waals surface area contributed by atoms with Gasteiger partial charge in [0.25, 0.3) is 5.69 Å². The van der Waals surface area contributed by atoms with E-state index in [-0.39, 0.29) is 18.5 Å². The van der Waals surface area contributed by atoms with E-state index in [4.69, 9.17) is 21.1 Å². The minimum Gasteiger partial charge on any atom is -0.495 e. The molecule has 0 aliphatic rings. The van der Waals surface area contributed by atoms with Gasteiger partial charge in [-0.2, -0.15) is 0 Å². The van der Waals surface area contributed by atoms with Crippen molar-refractivity contribution in [1.82, 2.24) is 5.32 Å². The second-order valence-corrected chi connectivity index (χ2v) is 6.33. The molecule has 28 heavy (non-hydrogen) atoms. The number of amides is 1. The number of carbonyl (C=O) groups is 2. The van der Waals surface area contributed by atoms with Crippen LogP contribution in [0.15, 0.2) is 42.5 Å². The van der Waals surface area contributed by atoms with E-state index in [9.17, 15) is 19.7 Å². The second-order valence-electron chi connectivity index (χ2n) is 5.92. The number of non-ortho nitro benzene ring substituents is 1. The predicted molar refractivity (Wildman–Crippen MR) is 102 cm³/mol. The van der Waals surface area contributed by atoms with Gasteiger partial charge in [0.15, 0.2) is 0 Å². The molecule has 2 rings (SSSR count). The summed E-state index contributed by atoms with van der Waals surface area (Å²) in [7, 11) is 2.72. The first-order valence-electron chi connectivity index (χ1n) is 8.27. The SMILES string of the molecule is COC(=O)[C@H](Cc1ccc(OC)c(Cl)c1)NC(=O)Cc1cccc([N+](=O)[O-])c1. The summed E-state index contributed by atoms with van der Waals surface area (Å²) in [6.45, 7) is 0. The molecule has 0 bridgehead atoms. The smallest absolute Gasteiger partial charge is 0.328 e. The molecule has 0 fully saturated rings. The Morgan fingerprint density at radius 1 is 1.18 bits per heavy atom. The molecule has 8 nitrogen and oxygen atoms in total. The summed E-state index contributed by atoms with van der Waals surface area (Å²) < 4.78 is 9.85. The van der Waals surface area contributed by atoms with Crippen LogP contribution in [-0.2, 0) is 27.2 Å². The van der Waals surface area contributed by atoms with Crippen molar-refractivity contribution >= 4 is 29.2 Å². The second kappa shape index (κ2) is 9.70. The Kier molecular flexibility index (Phi) is 7.34. The van der Waals surface area contributed by atoms with Gasteiger partial charge in [-0.05, 0) is 23.3 Å². The molecule has 0 aliphatic heterocycles. The number of nitrogens with zero attached hydrogens (tertiary/aromatic N) is 1. The average Bonchev–Trinajstić information content (AvgIpc) is 2.67. The van der Waals surface area contributed by atoms with Gasteiger partial charge in [0.05, 0.1) is 30.6 Å². The van der Waals surface area contributed by atoms with Crippen LogP contribution >= 0.6 is 11.6 Å². The summed E-state index contributed by atoms with van der Waals surface area (Å²) in [6.07, 6.45) is 0.0512. The van der Waals surface area contributed by atoms with E-state index in [2.05, 4.69) is 5.32 Å². The molecule has 0 saturated heterocycles. The number of nitro benzene ring substituents is 1. The van der Waals surface area contributed by atoms with Crippen LogP contribution in [-0.4, -0.2) is 37.1 Å². The molecule has 9 heteroatoms. The number of ether oxygens (including phenoxy) is 2. The van der Waals surface area contributed by atoms with Gasteiger partial charge in [0.1, 0.15) is 11.8 Å². The number of benzene rings is 2. The minimum atomic E-state index is -0.930. The zero-order valence-electron chi connectivity index (χ0n) is 15.3.